The van der Waals surface area contributed by atoms with E-state index in [1.165, 1.54) is 11.1 Å². The molecule has 3 heterocycles. The molecule has 140 valence electrons. The van der Waals surface area contributed by atoms with E-state index in [0.717, 1.165) is 24.9 Å². The lowest BCUT2D eigenvalue weighted by Gasteiger charge is -2.25. The smallest absolute Gasteiger partial charge is 0.417 e. The molecule has 0 saturated carbocycles. The first-order chi connectivity index (χ1) is 13.2. The highest BCUT2D eigenvalue weighted by atomic mass is 127. The molecular weight excluding hydrogens is 461 g/mol. The highest BCUT2D eigenvalue weighted by molar-refractivity contribution is 14.1. The SMILES string of the molecule is O=C(OCc1ccccc1)N1CC2CCCN2c2nc(NI)ncc2C1=O. The Kier molecular flexibility index (Phi) is 5.10. The largest absolute Gasteiger partial charge is 0.444 e. The Hall–Kier alpha value is -2.43. The first-order valence-corrected chi connectivity index (χ1v) is 9.78. The molecule has 1 N–H and O–H groups in total. The third kappa shape index (κ3) is 3.55. The molecule has 2 amide bonds. The van der Waals surface area contributed by atoms with Crippen LogP contribution in [0.5, 0.6) is 0 Å². The number of imide groups is 1. The molecule has 1 aromatic carbocycles. The van der Waals surface area contributed by atoms with E-state index in [9.17, 15) is 9.59 Å². The molecule has 1 aromatic heterocycles. The van der Waals surface area contributed by atoms with Gasteiger partial charge in [0.15, 0.2) is 0 Å². The van der Waals surface area contributed by atoms with Crippen molar-refractivity contribution in [2.45, 2.75) is 25.5 Å². The van der Waals surface area contributed by atoms with Crippen molar-refractivity contribution in [3.05, 3.63) is 47.7 Å². The lowest BCUT2D eigenvalue weighted by Crippen LogP contribution is -2.43. The van der Waals surface area contributed by atoms with Crippen LogP contribution in [-0.2, 0) is 11.3 Å². The van der Waals surface area contributed by atoms with Gasteiger partial charge in [0.2, 0.25) is 5.95 Å². The molecular formula is C18H18IN5O3. The number of carbonyl (C=O) groups excluding carboxylic acids is 2. The zero-order valence-corrected chi connectivity index (χ0v) is 16.6. The first kappa shape index (κ1) is 18.0. The molecule has 0 radical (unpaired) electrons. The molecule has 9 heteroatoms. The number of aromatic nitrogens is 2. The zero-order valence-electron chi connectivity index (χ0n) is 14.5. The molecule has 0 spiro atoms. The van der Waals surface area contributed by atoms with E-state index >= 15 is 0 Å². The maximum absolute atomic E-state index is 13.0. The molecule has 4 rings (SSSR count). The van der Waals surface area contributed by atoms with Crippen LogP contribution in [0.15, 0.2) is 36.5 Å². The quantitative estimate of drug-likeness (QED) is 0.535. The van der Waals surface area contributed by atoms with Crippen molar-refractivity contribution in [2.75, 3.05) is 21.5 Å². The zero-order chi connectivity index (χ0) is 18.8. The number of carbonyl (C=O) groups is 2. The van der Waals surface area contributed by atoms with Gasteiger partial charge in [-0.05, 0) is 18.4 Å². The molecule has 27 heavy (non-hydrogen) atoms. The molecule has 8 nitrogen and oxygen atoms in total. The summed E-state index contributed by atoms with van der Waals surface area (Å²) < 4.78 is 8.26. The number of hydrogen-bond donors (Lipinski definition) is 1. The minimum atomic E-state index is -0.639. The predicted octanol–water partition coefficient (Wildman–Crippen LogP) is 3.00. The van der Waals surface area contributed by atoms with Gasteiger partial charge in [-0.3, -0.25) is 8.32 Å². The van der Waals surface area contributed by atoms with Crippen LogP contribution in [-0.4, -0.2) is 46.0 Å². The number of rotatable bonds is 3. The van der Waals surface area contributed by atoms with Crippen LogP contribution < -0.4 is 8.43 Å². The van der Waals surface area contributed by atoms with Crippen molar-refractivity contribution in [3.8, 4) is 0 Å². The van der Waals surface area contributed by atoms with Gasteiger partial charge in [0.25, 0.3) is 5.91 Å². The van der Waals surface area contributed by atoms with Crippen LogP contribution in [0.1, 0.15) is 28.8 Å². The van der Waals surface area contributed by atoms with E-state index in [-0.39, 0.29) is 19.2 Å². The number of anilines is 2. The fraction of sp³-hybridized carbons (Fsp3) is 0.333. The Morgan fingerprint density at radius 1 is 1.33 bits per heavy atom. The molecule has 1 unspecified atom stereocenters. The summed E-state index contributed by atoms with van der Waals surface area (Å²) >= 11 is 1.95. The summed E-state index contributed by atoms with van der Waals surface area (Å²) in [5.41, 5.74) is 1.20. The van der Waals surface area contributed by atoms with Crippen molar-refractivity contribution in [3.63, 3.8) is 0 Å². The van der Waals surface area contributed by atoms with Crippen LogP contribution in [0.2, 0.25) is 0 Å². The molecule has 1 atom stereocenters. The van der Waals surface area contributed by atoms with E-state index < -0.39 is 12.0 Å². The van der Waals surface area contributed by atoms with Crippen LogP contribution in [0.4, 0.5) is 16.6 Å². The molecule has 2 aliphatic rings. The van der Waals surface area contributed by atoms with Crippen LogP contribution >= 0.6 is 22.9 Å². The van der Waals surface area contributed by atoms with Gasteiger partial charge in [0.05, 0.1) is 29.4 Å². The predicted molar refractivity (Wildman–Crippen MR) is 108 cm³/mol. The number of ether oxygens (including phenoxy) is 1. The molecule has 1 fully saturated rings. The summed E-state index contributed by atoms with van der Waals surface area (Å²) in [6.07, 6.45) is 2.72. The monoisotopic (exact) mass is 479 g/mol. The van der Waals surface area contributed by atoms with Gasteiger partial charge >= 0.3 is 6.09 Å². The van der Waals surface area contributed by atoms with E-state index in [0.29, 0.717) is 17.3 Å². The summed E-state index contributed by atoms with van der Waals surface area (Å²) in [5.74, 6) is 0.598. The number of amides is 2. The van der Waals surface area contributed by atoms with Gasteiger partial charge in [0, 0.05) is 18.8 Å². The maximum Gasteiger partial charge on any atom is 0.417 e. The average Bonchev–Trinajstić information content (AvgIpc) is 3.14. The van der Waals surface area contributed by atoms with E-state index in [2.05, 4.69) is 18.4 Å². The van der Waals surface area contributed by atoms with Gasteiger partial charge in [-0.25, -0.2) is 14.7 Å². The average molecular weight is 479 g/mol. The topological polar surface area (TPSA) is 87.7 Å². The third-order valence-electron chi connectivity index (χ3n) is 4.80. The standard InChI is InChI=1S/C18H18IN5O3/c19-22-17-20-9-14-15(21-17)23-8-4-7-13(23)10-24(16(14)25)18(26)27-11-12-5-2-1-3-6-12/h1-3,5-6,9,13H,4,7-8,10-11H2,(H,20,21,22). The van der Waals surface area contributed by atoms with Crippen molar-refractivity contribution in [1.82, 2.24) is 14.9 Å². The van der Waals surface area contributed by atoms with Crippen LogP contribution in [0.3, 0.4) is 0 Å². The molecule has 0 bridgehead atoms. The second kappa shape index (κ2) is 7.67. The van der Waals surface area contributed by atoms with Crippen molar-refractivity contribution >= 4 is 46.6 Å². The fourth-order valence-electron chi connectivity index (χ4n) is 3.49. The van der Waals surface area contributed by atoms with Gasteiger partial charge in [-0.1, -0.05) is 30.3 Å². The van der Waals surface area contributed by atoms with Gasteiger partial charge in [-0.15, -0.1) is 0 Å². The second-order valence-electron chi connectivity index (χ2n) is 6.47. The highest BCUT2D eigenvalue weighted by Gasteiger charge is 2.39. The minimum absolute atomic E-state index is 0.0384. The Morgan fingerprint density at radius 2 is 2.15 bits per heavy atom. The number of benzene rings is 1. The lowest BCUT2D eigenvalue weighted by atomic mass is 10.2. The number of fused-ring (bicyclic) bond motifs is 3. The maximum atomic E-state index is 13.0. The van der Waals surface area contributed by atoms with E-state index in [4.69, 9.17) is 4.74 Å². The van der Waals surface area contributed by atoms with Crippen LogP contribution in [0, 0.1) is 0 Å². The van der Waals surface area contributed by atoms with Crippen LogP contribution in [0.25, 0.3) is 0 Å². The van der Waals surface area contributed by atoms with E-state index in [1.54, 1.807) is 0 Å². The van der Waals surface area contributed by atoms with Crippen molar-refractivity contribution in [1.29, 1.82) is 0 Å². The fourth-order valence-corrected chi connectivity index (χ4v) is 3.75. The highest BCUT2D eigenvalue weighted by Crippen LogP contribution is 2.32. The Morgan fingerprint density at radius 3 is 2.93 bits per heavy atom. The second-order valence-corrected chi connectivity index (χ2v) is 7.01. The molecule has 2 aromatic rings. The Balaban J connectivity index is 1.60. The Bertz CT molecular complexity index is 863. The number of hydrogen-bond acceptors (Lipinski definition) is 7. The number of halogens is 1. The first-order valence-electron chi connectivity index (χ1n) is 8.70. The Labute approximate surface area is 170 Å². The summed E-state index contributed by atoms with van der Waals surface area (Å²) in [7, 11) is 0. The summed E-state index contributed by atoms with van der Waals surface area (Å²) in [5, 5.41) is 0. The summed E-state index contributed by atoms with van der Waals surface area (Å²) in [6.45, 7) is 1.21. The minimum Gasteiger partial charge on any atom is -0.444 e. The molecule has 0 aliphatic carbocycles. The van der Waals surface area contributed by atoms with Gasteiger partial charge < -0.3 is 9.64 Å². The van der Waals surface area contributed by atoms with Crippen molar-refractivity contribution < 1.29 is 14.3 Å². The summed E-state index contributed by atoms with van der Waals surface area (Å²) in [4.78, 5) is 37.6. The number of nitrogens with one attached hydrogen (secondary N) is 1. The molecule has 1 saturated heterocycles. The van der Waals surface area contributed by atoms with Crippen molar-refractivity contribution in [2.24, 2.45) is 0 Å². The number of nitrogens with zero attached hydrogens (tertiary/aromatic N) is 4. The normalized spacial score (nSPS) is 18.6. The van der Waals surface area contributed by atoms with Gasteiger partial charge in [-0.2, -0.15) is 4.98 Å². The summed E-state index contributed by atoms with van der Waals surface area (Å²) in [6, 6.07) is 9.44. The molecule has 2 aliphatic heterocycles. The van der Waals surface area contributed by atoms with Gasteiger partial charge in [0.1, 0.15) is 18.0 Å². The lowest BCUT2D eigenvalue weighted by molar-refractivity contribution is 0.0639. The van der Waals surface area contributed by atoms with E-state index in [1.807, 2.05) is 53.2 Å². The third-order valence-corrected chi connectivity index (χ3v) is 5.28.